The summed E-state index contributed by atoms with van der Waals surface area (Å²) < 4.78 is 18.2. The second kappa shape index (κ2) is 9.82. The van der Waals surface area contributed by atoms with Crippen molar-refractivity contribution >= 4 is 11.3 Å². The Hall–Kier alpha value is -4.80. The van der Waals surface area contributed by atoms with Gasteiger partial charge < -0.3 is 24.2 Å². The summed E-state index contributed by atoms with van der Waals surface area (Å²) in [6.45, 7) is 1.34. The van der Waals surface area contributed by atoms with Crippen LogP contribution in [0.25, 0.3) is 16.6 Å². The fourth-order valence-electron chi connectivity index (χ4n) is 3.88. The quantitative estimate of drug-likeness (QED) is 0.378. The number of fused-ring (bicyclic) bond motifs is 1. The molecule has 10 nitrogen and oxygen atoms in total. The van der Waals surface area contributed by atoms with Gasteiger partial charge in [-0.2, -0.15) is 10.4 Å². The Labute approximate surface area is 207 Å². The smallest absolute Gasteiger partial charge is 0.213 e. The average molecular weight is 483 g/mol. The zero-order valence-corrected chi connectivity index (χ0v) is 19.4. The predicted octanol–water partition coefficient (Wildman–Crippen LogP) is 2.31. The van der Waals surface area contributed by atoms with Crippen LogP contribution in [0.5, 0.6) is 17.4 Å². The number of hydrogen-bond donors (Lipinski definition) is 1. The largest absolute Gasteiger partial charge is 0.488 e. The lowest BCUT2D eigenvalue weighted by Crippen LogP contribution is -2.54. The van der Waals surface area contributed by atoms with Crippen molar-refractivity contribution in [3.8, 4) is 46.9 Å². The molecule has 4 aromatic heterocycles. The summed E-state index contributed by atoms with van der Waals surface area (Å²) in [7, 11) is 1.57. The van der Waals surface area contributed by atoms with Crippen LogP contribution >= 0.6 is 0 Å². The number of nitrogens with zero attached hydrogens (tertiary/aromatic N) is 6. The summed E-state index contributed by atoms with van der Waals surface area (Å²) in [4.78, 5) is 10.9. The number of aromatic nitrogens is 4. The molecule has 1 aliphatic heterocycles. The first kappa shape index (κ1) is 23.0. The number of terminal acetylenes is 1. The van der Waals surface area contributed by atoms with Crippen LogP contribution in [0.1, 0.15) is 5.56 Å². The van der Waals surface area contributed by atoms with Crippen LogP contribution in [0.15, 0.2) is 55.1 Å². The van der Waals surface area contributed by atoms with Gasteiger partial charge in [0, 0.05) is 23.4 Å². The molecule has 1 fully saturated rings. The Morgan fingerprint density at radius 2 is 2.03 bits per heavy atom. The molecule has 1 aliphatic rings. The molecule has 0 spiro atoms. The number of pyridine rings is 3. The highest BCUT2D eigenvalue weighted by Crippen LogP contribution is 2.32. The molecular formula is C26H22N6O4. The third kappa shape index (κ3) is 4.58. The maximum absolute atomic E-state index is 9.64. The molecule has 1 unspecified atom stereocenters. The molecular weight excluding hydrogens is 460 g/mol. The highest BCUT2D eigenvalue weighted by Gasteiger charge is 2.29. The number of anilines is 1. The zero-order chi connectivity index (χ0) is 25.1. The summed E-state index contributed by atoms with van der Waals surface area (Å²) in [5.74, 6) is 4.73. The second-order valence-electron chi connectivity index (χ2n) is 8.13. The van der Waals surface area contributed by atoms with E-state index in [9.17, 15) is 10.4 Å². The summed E-state index contributed by atoms with van der Waals surface area (Å²) in [5, 5.41) is 23.5. The Kier molecular flexibility index (Phi) is 6.27. The van der Waals surface area contributed by atoms with Crippen molar-refractivity contribution in [1.82, 2.24) is 19.6 Å². The van der Waals surface area contributed by atoms with Gasteiger partial charge in [-0.15, -0.1) is 6.42 Å². The second-order valence-corrected chi connectivity index (χ2v) is 8.13. The first-order valence-corrected chi connectivity index (χ1v) is 11.1. The van der Waals surface area contributed by atoms with Crippen LogP contribution in [0.4, 0.5) is 5.82 Å². The van der Waals surface area contributed by atoms with E-state index < -0.39 is 6.10 Å². The molecule has 0 bridgehead atoms. The van der Waals surface area contributed by atoms with Gasteiger partial charge in [0.15, 0.2) is 0 Å². The molecule has 36 heavy (non-hydrogen) atoms. The summed E-state index contributed by atoms with van der Waals surface area (Å²) in [6, 6.07) is 11.4. The molecule has 4 aromatic rings. The number of rotatable bonds is 8. The molecule has 0 aromatic carbocycles. The van der Waals surface area contributed by atoms with Crippen LogP contribution in [-0.2, 0) is 0 Å². The van der Waals surface area contributed by atoms with Gasteiger partial charge in [0.1, 0.15) is 42.2 Å². The maximum atomic E-state index is 9.64. The zero-order valence-electron chi connectivity index (χ0n) is 19.4. The standard InChI is InChI=1S/C26H22N6O4/c1-3-19(33)16-35-21-8-23(26-18(9-27)11-30-32(26)15-21)17-4-6-24(28-10-17)31-13-22(14-31)36-20-5-7-25(34-2)29-12-20/h1,4-8,10-12,15,19,22,33H,13-14,16H2,2H3. The first-order valence-electron chi connectivity index (χ1n) is 11.1. The number of nitriles is 1. The minimum absolute atomic E-state index is 0.0402. The molecule has 1 saturated heterocycles. The minimum atomic E-state index is -1.03. The van der Waals surface area contributed by atoms with Crippen molar-refractivity contribution in [3.05, 3.63) is 60.7 Å². The summed E-state index contributed by atoms with van der Waals surface area (Å²) in [5.41, 5.74) is 2.59. The fourth-order valence-corrected chi connectivity index (χ4v) is 3.88. The van der Waals surface area contributed by atoms with Gasteiger partial charge in [0.05, 0.1) is 49.9 Å². The van der Waals surface area contributed by atoms with E-state index in [1.165, 1.54) is 6.20 Å². The first-order chi connectivity index (χ1) is 17.6. The van der Waals surface area contributed by atoms with E-state index in [-0.39, 0.29) is 12.7 Å². The predicted molar refractivity (Wildman–Crippen MR) is 131 cm³/mol. The minimum Gasteiger partial charge on any atom is -0.488 e. The lowest BCUT2D eigenvalue weighted by Gasteiger charge is -2.39. The Morgan fingerprint density at radius 1 is 1.17 bits per heavy atom. The van der Waals surface area contributed by atoms with Crippen molar-refractivity contribution < 1.29 is 19.3 Å². The number of methoxy groups -OCH3 is 1. The van der Waals surface area contributed by atoms with E-state index in [1.54, 1.807) is 42.3 Å². The van der Waals surface area contributed by atoms with E-state index in [0.29, 0.717) is 41.5 Å². The molecule has 180 valence electrons. The van der Waals surface area contributed by atoms with Crippen LogP contribution in [0.3, 0.4) is 0 Å². The average Bonchev–Trinajstić information content (AvgIpc) is 3.32. The normalized spacial score (nSPS) is 13.9. The maximum Gasteiger partial charge on any atom is 0.213 e. The van der Waals surface area contributed by atoms with Crippen LogP contribution in [0.2, 0.25) is 0 Å². The number of ether oxygens (including phenoxy) is 3. The molecule has 1 atom stereocenters. The highest BCUT2D eigenvalue weighted by atomic mass is 16.5. The molecule has 0 radical (unpaired) electrons. The van der Waals surface area contributed by atoms with Gasteiger partial charge in [-0.25, -0.2) is 14.5 Å². The number of hydrogen-bond acceptors (Lipinski definition) is 9. The van der Waals surface area contributed by atoms with Gasteiger partial charge in [0.2, 0.25) is 5.88 Å². The molecule has 0 amide bonds. The Morgan fingerprint density at radius 3 is 2.69 bits per heavy atom. The third-order valence-corrected chi connectivity index (χ3v) is 5.76. The van der Waals surface area contributed by atoms with E-state index in [0.717, 1.165) is 16.9 Å². The lowest BCUT2D eigenvalue weighted by molar-refractivity contribution is 0.151. The number of aliphatic hydroxyl groups excluding tert-OH is 1. The molecule has 5 heterocycles. The molecule has 10 heteroatoms. The van der Waals surface area contributed by atoms with E-state index >= 15 is 0 Å². The molecule has 1 N–H and O–H groups in total. The van der Waals surface area contributed by atoms with Crippen molar-refractivity contribution in [2.24, 2.45) is 0 Å². The van der Waals surface area contributed by atoms with Gasteiger partial charge in [-0.05, 0) is 24.3 Å². The van der Waals surface area contributed by atoms with Crippen LogP contribution in [0, 0.1) is 23.7 Å². The van der Waals surface area contributed by atoms with Gasteiger partial charge in [-0.3, -0.25) is 0 Å². The number of aliphatic hydroxyl groups is 1. The van der Waals surface area contributed by atoms with E-state index in [2.05, 4.69) is 32.0 Å². The van der Waals surface area contributed by atoms with Crippen molar-refractivity contribution in [3.63, 3.8) is 0 Å². The van der Waals surface area contributed by atoms with Crippen molar-refractivity contribution in [1.29, 1.82) is 5.26 Å². The highest BCUT2D eigenvalue weighted by molar-refractivity contribution is 5.85. The Balaban J connectivity index is 1.32. The van der Waals surface area contributed by atoms with E-state index in [4.69, 9.17) is 20.6 Å². The van der Waals surface area contributed by atoms with Crippen LogP contribution in [-0.4, -0.2) is 63.7 Å². The summed E-state index contributed by atoms with van der Waals surface area (Å²) >= 11 is 0. The topological polar surface area (TPSA) is 118 Å². The molecule has 5 rings (SSSR count). The van der Waals surface area contributed by atoms with Gasteiger partial charge in [-0.1, -0.05) is 5.92 Å². The third-order valence-electron chi connectivity index (χ3n) is 5.76. The lowest BCUT2D eigenvalue weighted by atomic mass is 10.0. The van der Waals surface area contributed by atoms with Crippen molar-refractivity contribution in [2.75, 3.05) is 31.7 Å². The monoisotopic (exact) mass is 482 g/mol. The SMILES string of the molecule is C#CC(O)COc1cc(-c2ccc(N3CC(Oc4ccc(OC)nc4)C3)nc2)c2c(C#N)cnn2c1. The van der Waals surface area contributed by atoms with Crippen molar-refractivity contribution in [2.45, 2.75) is 12.2 Å². The van der Waals surface area contributed by atoms with Gasteiger partial charge in [0.25, 0.3) is 0 Å². The van der Waals surface area contributed by atoms with E-state index in [1.807, 2.05) is 18.2 Å². The fraction of sp³-hybridized carbons (Fsp3) is 0.231. The molecule has 0 saturated carbocycles. The summed E-state index contributed by atoms with van der Waals surface area (Å²) in [6.07, 6.45) is 10.8. The Bertz CT molecular complexity index is 1450. The van der Waals surface area contributed by atoms with Gasteiger partial charge >= 0.3 is 0 Å². The van der Waals surface area contributed by atoms with Crippen LogP contribution < -0.4 is 19.1 Å². The molecule has 0 aliphatic carbocycles.